The molecule has 0 aliphatic rings. The summed E-state index contributed by atoms with van der Waals surface area (Å²) in [7, 11) is 1.97. The van der Waals surface area contributed by atoms with Crippen molar-refractivity contribution in [3.8, 4) is 11.4 Å². The van der Waals surface area contributed by atoms with Gasteiger partial charge in [-0.2, -0.15) is 0 Å². The molecule has 0 amide bonds. The number of benzene rings is 2. The van der Waals surface area contributed by atoms with Crippen LogP contribution in [0.15, 0.2) is 72.3 Å². The van der Waals surface area contributed by atoms with Crippen LogP contribution in [0.2, 0.25) is 0 Å². The summed E-state index contributed by atoms with van der Waals surface area (Å²) < 4.78 is 17.4. The quantitative estimate of drug-likeness (QED) is 0.472. The summed E-state index contributed by atoms with van der Waals surface area (Å²) in [4.78, 5) is 4.16. The Morgan fingerprint density at radius 1 is 1.00 bits per heavy atom. The molecule has 0 aliphatic heterocycles. The molecule has 0 radical (unpaired) electrons. The van der Waals surface area contributed by atoms with Gasteiger partial charge in [0.1, 0.15) is 5.82 Å². The van der Waals surface area contributed by atoms with E-state index in [2.05, 4.69) is 31.9 Å². The average molecular weight is 379 g/mol. The maximum atomic E-state index is 13.3. The van der Waals surface area contributed by atoms with Crippen LogP contribution in [0.25, 0.3) is 11.4 Å². The lowest BCUT2D eigenvalue weighted by Crippen LogP contribution is -2.04. The predicted octanol–water partition coefficient (Wildman–Crippen LogP) is 4.16. The zero-order valence-electron chi connectivity index (χ0n) is 14.8. The van der Waals surface area contributed by atoms with E-state index in [4.69, 9.17) is 0 Å². The molecule has 0 N–H and O–H groups in total. The standard InChI is InChI=1S/C20H18FN5S/c1-25-14-22-11-18(25)13-27-20-24-23-19(16-7-9-17(21)10-8-16)26(20)12-15-5-3-2-4-6-15/h2-11,14H,12-13H2,1H3. The normalized spacial score (nSPS) is 11.0. The van der Waals surface area contributed by atoms with Gasteiger partial charge in [-0.15, -0.1) is 10.2 Å². The second kappa shape index (κ2) is 7.75. The van der Waals surface area contributed by atoms with Crippen molar-refractivity contribution in [3.05, 3.63) is 84.2 Å². The number of aryl methyl sites for hydroxylation is 1. The third-order valence-electron chi connectivity index (χ3n) is 4.27. The van der Waals surface area contributed by atoms with E-state index in [1.807, 2.05) is 36.0 Å². The lowest BCUT2D eigenvalue weighted by Gasteiger charge is -2.11. The van der Waals surface area contributed by atoms with Gasteiger partial charge in [0.05, 0.1) is 12.9 Å². The molecule has 0 bridgehead atoms. The Bertz CT molecular complexity index is 1020. The predicted molar refractivity (Wildman–Crippen MR) is 104 cm³/mol. The molecule has 2 aromatic heterocycles. The largest absolute Gasteiger partial charge is 0.337 e. The van der Waals surface area contributed by atoms with Gasteiger partial charge >= 0.3 is 0 Å². The zero-order chi connectivity index (χ0) is 18.6. The monoisotopic (exact) mass is 379 g/mol. The average Bonchev–Trinajstić information content (AvgIpc) is 3.28. The van der Waals surface area contributed by atoms with Crippen molar-refractivity contribution in [1.29, 1.82) is 0 Å². The molecule has 0 aliphatic carbocycles. The van der Waals surface area contributed by atoms with E-state index in [0.717, 1.165) is 33.6 Å². The van der Waals surface area contributed by atoms with E-state index in [1.165, 1.54) is 12.1 Å². The van der Waals surface area contributed by atoms with Crippen molar-refractivity contribution in [1.82, 2.24) is 24.3 Å². The first-order valence-corrected chi connectivity index (χ1v) is 9.50. The smallest absolute Gasteiger partial charge is 0.192 e. The highest BCUT2D eigenvalue weighted by Gasteiger charge is 2.15. The van der Waals surface area contributed by atoms with Crippen molar-refractivity contribution in [2.24, 2.45) is 7.05 Å². The first kappa shape index (κ1) is 17.5. The molecule has 0 atom stereocenters. The Balaban J connectivity index is 1.67. The Labute approximate surface area is 160 Å². The molecule has 27 heavy (non-hydrogen) atoms. The number of thioether (sulfide) groups is 1. The number of halogens is 1. The van der Waals surface area contributed by atoms with Crippen LogP contribution in [0.5, 0.6) is 0 Å². The molecule has 4 aromatic rings. The fraction of sp³-hybridized carbons (Fsp3) is 0.150. The molecule has 2 aromatic carbocycles. The van der Waals surface area contributed by atoms with Crippen molar-refractivity contribution in [3.63, 3.8) is 0 Å². The fourth-order valence-electron chi connectivity index (χ4n) is 2.78. The minimum absolute atomic E-state index is 0.265. The van der Waals surface area contributed by atoms with Gasteiger partial charge < -0.3 is 4.57 Å². The third-order valence-corrected chi connectivity index (χ3v) is 5.27. The molecule has 0 saturated heterocycles. The van der Waals surface area contributed by atoms with Crippen LogP contribution in [0, 0.1) is 5.82 Å². The van der Waals surface area contributed by atoms with E-state index >= 15 is 0 Å². The number of imidazole rings is 1. The Morgan fingerprint density at radius 2 is 1.78 bits per heavy atom. The van der Waals surface area contributed by atoms with Gasteiger partial charge in [0.15, 0.2) is 11.0 Å². The van der Waals surface area contributed by atoms with E-state index < -0.39 is 0 Å². The molecule has 5 nitrogen and oxygen atoms in total. The maximum Gasteiger partial charge on any atom is 0.192 e. The SMILES string of the molecule is Cn1cncc1CSc1nnc(-c2ccc(F)cc2)n1Cc1ccccc1. The van der Waals surface area contributed by atoms with Crippen LogP contribution < -0.4 is 0 Å². The summed E-state index contributed by atoms with van der Waals surface area (Å²) in [5.74, 6) is 1.21. The summed E-state index contributed by atoms with van der Waals surface area (Å²) >= 11 is 1.61. The molecule has 136 valence electrons. The topological polar surface area (TPSA) is 48.5 Å². The Kier molecular flexibility index (Phi) is 5.02. The summed E-state index contributed by atoms with van der Waals surface area (Å²) in [6, 6.07) is 16.5. The highest BCUT2D eigenvalue weighted by Crippen LogP contribution is 2.27. The van der Waals surface area contributed by atoms with Gasteiger partial charge in [0.2, 0.25) is 0 Å². The van der Waals surface area contributed by atoms with Gasteiger partial charge in [0, 0.05) is 30.3 Å². The summed E-state index contributed by atoms with van der Waals surface area (Å²) in [6.45, 7) is 0.647. The van der Waals surface area contributed by atoms with Crippen LogP contribution in [-0.2, 0) is 19.3 Å². The molecule has 0 saturated carbocycles. The van der Waals surface area contributed by atoms with Gasteiger partial charge in [-0.3, -0.25) is 4.57 Å². The first-order valence-electron chi connectivity index (χ1n) is 8.52. The number of hydrogen-bond donors (Lipinski definition) is 0. The molecule has 7 heteroatoms. The van der Waals surface area contributed by atoms with E-state index in [-0.39, 0.29) is 5.82 Å². The van der Waals surface area contributed by atoms with Crippen molar-refractivity contribution < 1.29 is 4.39 Å². The second-order valence-electron chi connectivity index (χ2n) is 6.17. The number of hydrogen-bond acceptors (Lipinski definition) is 4. The summed E-state index contributed by atoms with van der Waals surface area (Å²) in [5, 5.41) is 9.59. The highest BCUT2D eigenvalue weighted by atomic mass is 32.2. The molecule has 0 spiro atoms. The van der Waals surface area contributed by atoms with Crippen LogP contribution in [0.3, 0.4) is 0 Å². The summed E-state index contributed by atoms with van der Waals surface area (Å²) in [5.41, 5.74) is 3.10. The van der Waals surface area contributed by atoms with Crippen molar-refractivity contribution >= 4 is 11.8 Å². The Hall–Kier alpha value is -2.93. The zero-order valence-corrected chi connectivity index (χ0v) is 15.6. The van der Waals surface area contributed by atoms with Gasteiger partial charge in [-0.1, -0.05) is 42.1 Å². The highest BCUT2D eigenvalue weighted by molar-refractivity contribution is 7.98. The van der Waals surface area contributed by atoms with E-state index in [0.29, 0.717) is 6.54 Å². The van der Waals surface area contributed by atoms with Crippen molar-refractivity contribution in [2.75, 3.05) is 0 Å². The number of aromatic nitrogens is 5. The van der Waals surface area contributed by atoms with Gasteiger partial charge in [-0.25, -0.2) is 9.37 Å². The second-order valence-corrected chi connectivity index (χ2v) is 7.11. The van der Waals surface area contributed by atoms with Crippen LogP contribution >= 0.6 is 11.8 Å². The maximum absolute atomic E-state index is 13.3. The van der Waals surface area contributed by atoms with Gasteiger partial charge in [-0.05, 0) is 29.8 Å². The molecule has 0 fully saturated rings. The molecule has 2 heterocycles. The molecule has 0 unspecified atom stereocenters. The summed E-state index contributed by atoms with van der Waals surface area (Å²) in [6.07, 6.45) is 3.64. The minimum Gasteiger partial charge on any atom is -0.337 e. The van der Waals surface area contributed by atoms with Crippen LogP contribution in [0.1, 0.15) is 11.3 Å². The lowest BCUT2D eigenvalue weighted by atomic mass is 10.2. The third kappa shape index (κ3) is 3.93. The minimum atomic E-state index is -0.265. The first-order chi connectivity index (χ1) is 13.2. The van der Waals surface area contributed by atoms with Crippen LogP contribution in [0.4, 0.5) is 4.39 Å². The number of nitrogens with zero attached hydrogens (tertiary/aromatic N) is 5. The van der Waals surface area contributed by atoms with Crippen molar-refractivity contribution in [2.45, 2.75) is 17.5 Å². The molecular weight excluding hydrogens is 361 g/mol. The molecular formula is C20H18FN5S. The molecule has 4 rings (SSSR count). The fourth-order valence-corrected chi connectivity index (χ4v) is 3.74. The van der Waals surface area contributed by atoms with Gasteiger partial charge in [0.25, 0.3) is 0 Å². The van der Waals surface area contributed by atoms with E-state index in [9.17, 15) is 4.39 Å². The number of rotatable bonds is 6. The van der Waals surface area contributed by atoms with E-state index in [1.54, 1.807) is 30.2 Å². The Morgan fingerprint density at radius 3 is 2.48 bits per heavy atom. The van der Waals surface area contributed by atoms with Crippen LogP contribution in [-0.4, -0.2) is 24.3 Å². The lowest BCUT2D eigenvalue weighted by molar-refractivity contribution is 0.628.